The zero-order chi connectivity index (χ0) is 13.1. The molecule has 3 atom stereocenters. The summed E-state index contributed by atoms with van der Waals surface area (Å²) in [5, 5.41) is 7.84. The number of rotatable bonds is 4. The molecule has 3 unspecified atom stereocenters. The third-order valence-corrected chi connectivity index (χ3v) is 4.39. The summed E-state index contributed by atoms with van der Waals surface area (Å²) in [4.78, 5) is 12.5. The highest BCUT2D eigenvalue weighted by Crippen LogP contribution is 2.37. The van der Waals surface area contributed by atoms with Gasteiger partial charge in [0.25, 0.3) is 0 Å². The third-order valence-electron chi connectivity index (χ3n) is 4.39. The fourth-order valence-corrected chi connectivity index (χ4v) is 3.12. The van der Waals surface area contributed by atoms with Crippen molar-refractivity contribution in [2.75, 3.05) is 0 Å². The first-order chi connectivity index (χ1) is 8.63. The van der Waals surface area contributed by atoms with Crippen LogP contribution in [0, 0.1) is 17.8 Å². The Labute approximate surface area is 109 Å². The minimum absolute atomic E-state index is 0.158. The van der Waals surface area contributed by atoms with Gasteiger partial charge in [0, 0.05) is 13.0 Å². The maximum Gasteiger partial charge on any atom is 0.188 e. The number of hydrogen-bond donors (Lipinski definition) is 0. The SMILES string of the molecule is CCC(C)C1CCCCC1C(=O)c1cn(C)nn1. The van der Waals surface area contributed by atoms with E-state index in [1.165, 1.54) is 19.3 Å². The van der Waals surface area contributed by atoms with Crippen LogP contribution in [0.1, 0.15) is 56.4 Å². The summed E-state index contributed by atoms with van der Waals surface area (Å²) in [6.45, 7) is 4.48. The van der Waals surface area contributed by atoms with Gasteiger partial charge in [-0.25, -0.2) is 0 Å². The fourth-order valence-electron chi connectivity index (χ4n) is 3.12. The second-order valence-electron chi connectivity index (χ2n) is 5.58. The first kappa shape index (κ1) is 13.2. The van der Waals surface area contributed by atoms with Crippen molar-refractivity contribution in [1.29, 1.82) is 0 Å². The number of hydrogen-bond acceptors (Lipinski definition) is 3. The van der Waals surface area contributed by atoms with Crippen molar-refractivity contribution in [3.63, 3.8) is 0 Å². The molecule has 0 spiro atoms. The van der Waals surface area contributed by atoms with Gasteiger partial charge in [0.05, 0.1) is 6.20 Å². The van der Waals surface area contributed by atoms with Gasteiger partial charge in [-0.05, 0) is 24.7 Å². The number of aryl methyl sites for hydroxylation is 1. The Hall–Kier alpha value is -1.19. The quantitative estimate of drug-likeness (QED) is 0.771. The lowest BCUT2D eigenvalue weighted by Crippen LogP contribution is -2.31. The molecule has 4 heteroatoms. The van der Waals surface area contributed by atoms with Crippen LogP contribution in [0.2, 0.25) is 0 Å². The average molecular weight is 249 g/mol. The number of carbonyl (C=O) groups excluding carboxylic acids is 1. The number of ketones is 1. The molecule has 1 aromatic rings. The monoisotopic (exact) mass is 249 g/mol. The molecule has 0 N–H and O–H groups in total. The zero-order valence-electron chi connectivity index (χ0n) is 11.6. The molecule has 1 heterocycles. The Bertz CT molecular complexity index is 413. The first-order valence-electron chi connectivity index (χ1n) is 7.04. The van der Waals surface area contributed by atoms with E-state index in [4.69, 9.17) is 0 Å². The Balaban J connectivity index is 2.15. The van der Waals surface area contributed by atoms with Crippen molar-refractivity contribution in [3.8, 4) is 0 Å². The second-order valence-corrected chi connectivity index (χ2v) is 5.58. The van der Waals surface area contributed by atoms with Gasteiger partial charge < -0.3 is 0 Å². The van der Waals surface area contributed by atoms with Gasteiger partial charge >= 0.3 is 0 Å². The molecule has 18 heavy (non-hydrogen) atoms. The van der Waals surface area contributed by atoms with Crippen LogP contribution in [0.5, 0.6) is 0 Å². The standard InChI is InChI=1S/C14H23N3O/c1-4-10(2)11-7-5-6-8-12(11)14(18)13-9-17(3)16-15-13/h9-12H,4-8H2,1-3H3. The van der Waals surface area contributed by atoms with Crippen molar-refractivity contribution < 1.29 is 4.79 Å². The van der Waals surface area contributed by atoms with Gasteiger partial charge in [-0.15, -0.1) is 5.10 Å². The highest BCUT2D eigenvalue weighted by molar-refractivity contribution is 5.96. The van der Waals surface area contributed by atoms with Crippen LogP contribution in [0.15, 0.2) is 6.20 Å². The molecule has 100 valence electrons. The van der Waals surface area contributed by atoms with E-state index in [9.17, 15) is 4.79 Å². The molecule has 0 aliphatic heterocycles. The molecule has 1 aliphatic carbocycles. The molecular weight excluding hydrogens is 226 g/mol. The summed E-state index contributed by atoms with van der Waals surface area (Å²) < 4.78 is 1.61. The smallest absolute Gasteiger partial charge is 0.188 e. The van der Waals surface area contributed by atoms with Gasteiger partial charge in [0.2, 0.25) is 0 Å². The highest BCUT2D eigenvalue weighted by Gasteiger charge is 2.35. The van der Waals surface area contributed by atoms with E-state index in [-0.39, 0.29) is 11.7 Å². The molecule has 1 saturated carbocycles. The number of nitrogens with zero attached hydrogens (tertiary/aromatic N) is 3. The molecule has 0 amide bonds. The van der Waals surface area contributed by atoms with E-state index in [1.807, 2.05) is 0 Å². The van der Waals surface area contributed by atoms with Gasteiger partial charge in [-0.3, -0.25) is 9.48 Å². The van der Waals surface area contributed by atoms with E-state index >= 15 is 0 Å². The summed E-state index contributed by atoms with van der Waals surface area (Å²) in [5.41, 5.74) is 0.540. The molecule has 4 nitrogen and oxygen atoms in total. The topological polar surface area (TPSA) is 47.8 Å². The molecule has 1 fully saturated rings. The minimum Gasteiger partial charge on any atom is -0.292 e. The maximum absolute atomic E-state index is 12.5. The van der Waals surface area contributed by atoms with Crippen LogP contribution in [-0.2, 0) is 7.05 Å². The Morgan fingerprint density at radius 1 is 1.50 bits per heavy atom. The van der Waals surface area contributed by atoms with Gasteiger partial charge in [-0.1, -0.05) is 38.3 Å². The molecule has 0 saturated heterocycles. The Kier molecular flexibility index (Phi) is 4.15. The van der Waals surface area contributed by atoms with Crippen molar-refractivity contribution in [2.24, 2.45) is 24.8 Å². The predicted molar refractivity (Wildman–Crippen MR) is 70.2 cm³/mol. The maximum atomic E-state index is 12.5. The van der Waals surface area contributed by atoms with Crippen LogP contribution in [-0.4, -0.2) is 20.8 Å². The molecule has 0 radical (unpaired) electrons. The lowest BCUT2D eigenvalue weighted by atomic mass is 9.70. The zero-order valence-corrected chi connectivity index (χ0v) is 11.6. The van der Waals surface area contributed by atoms with Crippen molar-refractivity contribution in [2.45, 2.75) is 46.0 Å². The van der Waals surface area contributed by atoms with Crippen LogP contribution in [0.3, 0.4) is 0 Å². The molecule has 0 bridgehead atoms. The molecule has 0 aromatic carbocycles. The third kappa shape index (κ3) is 2.62. The second kappa shape index (κ2) is 5.63. The summed E-state index contributed by atoms with van der Waals surface area (Å²) in [7, 11) is 1.80. The summed E-state index contributed by atoms with van der Waals surface area (Å²) in [5.74, 6) is 1.51. The van der Waals surface area contributed by atoms with Gasteiger partial charge in [-0.2, -0.15) is 0 Å². The van der Waals surface area contributed by atoms with Crippen LogP contribution in [0.25, 0.3) is 0 Å². The summed E-state index contributed by atoms with van der Waals surface area (Å²) in [6, 6.07) is 0. The summed E-state index contributed by atoms with van der Waals surface area (Å²) in [6.07, 6.45) is 7.53. The number of Topliss-reactive ketones (excluding diaryl/α,β-unsaturated/α-hetero) is 1. The number of carbonyl (C=O) groups is 1. The van der Waals surface area contributed by atoms with Crippen molar-refractivity contribution in [3.05, 3.63) is 11.9 Å². The van der Waals surface area contributed by atoms with Gasteiger partial charge in [0.15, 0.2) is 5.78 Å². The van der Waals surface area contributed by atoms with Gasteiger partial charge in [0.1, 0.15) is 5.69 Å². The van der Waals surface area contributed by atoms with Crippen LogP contribution >= 0.6 is 0 Å². The molecule has 1 aliphatic rings. The highest BCUT2D eigenvalue weighted by atomic mass is 16.1. The van der Waals surface area contributed by atoms with E-state index in [1.54, 1.807) is 17.9 Å². The van der Waals surface area contributed by atoms with E-state index in [2.05, 4.69) is 24.2 Å². The summed E-state index contributed by atoms with van der Waals surface area (Å²) >= 11 is 0. The van der Waals surface area contributed by atoms with E-state index in [0.29, 0.717) is 17.5 Å². The van der Waals surface area contributed by atoms with Crippen molar-refractivity contribution in [1.82, 2.24) is 15.0 Å². The minimum atomic E-state index is 0.158. The lowest BCUT2D eigenvalue weighted by molar-refractivity contribution is 0.0757. The van der Waals surface area contributed by atoms with Crippen LogP contribution in [0.4, 0.5) is 0 Å². The largest absolute Gasteiger partial charge is 0.292 e. The Morgan fingerprint density at radius 2 is 2.22 bits per heavy atom. The lowest BCUT2D eigenvalue weighted by Gasteiger charge is -2.34. The normalized spacial score (nSPS) is 25.9. The van der Waals surface area contributed by atoms with E-state index < -0.39 is 0 Å². The first-order valence-corrected chi connectivity index (χ1v) is 7.04. The molecule has 1 aromatic heterocycles. The average Bonchev–Trinajstić information content (AvgIpc) is 2.83. The Morgan fingerprint density at radius 3 is 2.83 bits per heavy atom. The number of aromatic nitrogens is 3. The van der Waals surface area contributed by atoms with Crippen molar-refractivity contribution >= 4 is 5.78 Å². The van der Waals surface area contributed by atoms with Crippen LogP contribution < -0.4 is 0 Å². The molecular formula is C14H23N3O. The fraction of sp³-hybridized carbons (Fsp3) is 0.786. The predicted octanol–water partition coefficient (Wildman–Crippen LogP) is 2.85. The molecule has 2 rings (SSSR count). The van der Waals surface area contributed by atoms with E-state index in [0.717, 1.165) is 12.8 Å².